The average Bonchev–Trinajstić information content (AvgIpc) is 2.87. The van der Waals surface area contributed by atoms with Gasteiger partial charge in [-0.1, -0.05) is 34.5 Å². The van der Waals surface area contributed by atoms with Crippen LogP contribution in [0.5, 0.6) is 0 Å². The van der Waals surface area contributed by atoms with E-state index in [1.165, 1.54) is 0 Å². The molecule has 0 saturated heterocycles. The van der Waals surface area contributed by atoms with E-state index >= 15 is 0 Å². The molecule has 1 aromatic carbocycles. The molecule has 1 aliphatic carbocycles. The fraction of sp³-hybridized carbons (Fsp3) is 0.533. The second-order valence-corrected chi connectivity index (χ2v) is 6.23. The lowest BCUT2D eigenvalue weighted by Gasteiger charge is -2.21. The molecule has 19 heavy (non-hydrogen) atoms. The van der Waals surface area contributed by atoms with Crippen molar-refractivity contribution in [2.45, 2.75) is 32.2 Å². The van der Waals surface area contributed by atoms with Crippen LogP contribution in [0.3, 0.4) is 0 Å². The minimum Gasteiger partial charge on any atom is -0.349 e. The number of hydrogen-bond donors (Lipinski definition) is 2. The van der Waals surface area contributed by atoms with Crippen LogP contribution in [0.4, 0.5) is 0 Å². The zero-order valence-corrected chi connectivity index (χ0v) is 12.8. The predicted octanol–water partition coefficient (Wildman–Crippen LogP) is 3.00. The molecule has 1 fully saturated rings. The predicted molar refractivity (Wildman–Crippen MR) is 80.6 cm³/mol. The van der Waals surface area contributed by atoms with Gasteiger partial charge in [-0.25, -0.2) is 0 Å². The Bertz CT molecular complexity index is 432. The number of rotatable bonds is 4. The third-order valence-electron chi connectivity index (χ3n) is 4.03. The van der Waals surface area contributed by atoms with Crippen molar-refractivity contribution in [2.75, 3.05) is 6.54 Å². The summed E-state index contributed by atoms with van der Waals surface area (Å²) in [5, 5.41) is 3.11. The third kappa shape index (κ3) is 3.57. The van der Waals surface area contributed by atoms with Gasteiger partial charge in [0.2, 0.25) is 5.91 Å². The van der Waals surface area contributed by atoms with Gasteiger partial charge in [-0.3, -0.25) is 4.79 Å². The van der Waals surface area contributed by atoms with E-state index in [1.54, 1.807) is 0 Å². The Labute approximate surface area is 123 Å². The van der Waals surface area contributed by atoms with E-state index in [0.717, 1.165) is 29.3 Å². The minimum absolute atomic E-state index is 0.0413. The number of carbonyl (C=O) groups excluding carboxylic acids is 1. The Morgan fingerprint density at radius 1 is 1.42 bits per heavy atom. The Morgan fingerprint density at radius 2 is 2.11 bits per heavy atom. The number of nitrogens with one attached hydrogen (secondary N) is 1. The van der Waals surface area contributed by atoms with Crippen molar-refractivity contribution in [2.24, 2.45) is 17.6 Å². The molecule has 0 spiro atoms. The highest BCUT2D eigenvalue weighted by Crippen LogP contribution is 2.31. The Balaban J connectivity index is 1.96. The van der Waals surface area contributed by atoms with Crippen LogP contribution in [0.2, 0.25) is 0 Å². The Kier molecular flexibility index (Phi) is 4.99. The molecule has 2 unspecified atom stereocenters. The van der Waals surface area contributed by atoms with Crippen LogP contribution in [-0.2, 0) is 4.79 Å². The number of hydrogen-bond acceptors (Lipinski definition) is 2. The first-order valence-corrected chi connectivity index (χ1v) is 7.67. The number of halogens is 1. The highest BCUT2D eigenvalue weighted by molar-refractivity contribution is 9.10. The van der Waals surface area contributed by atoms with E-state index in [4.69, 9.17) is 5.73 Å². The maximum atomic E-state index is 12.3. The van der Waals surface area contributed by atoms with Gasteiger partial charge in [-0.2, -0.15) is 0 Å². The monoisotopic (exact) mass is 324 g/mol. The average molecular weight is 325 g/mol. The number of nitrogens with two attached hydrogens (primary N) is 1. The van der Waals surface area contributed by atoms with Crippen molar-refractivity contribution in [3.8, 4) is 0 Å². The second kappa shape index (κ2) is 6.53. The molecule has 4 heteroatoms. The minimum atomic E-state index is 0.0413. The van der Waals surface area contributed by atoms with E-state index in [2.05, 4.69) is 21.2 Å². The summed E-state index contributed by atoms with van der Waals surface area (Å²) < 4.78 is 1.05. The van der Waals surface area contributed by atoms with Gasteiger partial charge in [0, 0.05) is 10.4 Å². The molecule has 1 saturated carbocycles. The summed E-state index contributed by atoms with van der Waals surface area (Å²) in [4.78, 5) is 12.3. The molecule has 0 aromatic heterocycles. The first kappa shape index (κ1) is 14.5. The van der Waals surface area contributed by atoms with Crippen LogP contribution < -0.4 is 11.1 Å². The normalized spacial score (nSPS) is 24.2. The fourth-order valence-electron chi connectivity index (χ4n) is 2.82. The lowest BCUT2D eigenvalue weighted by Crippen LogP contribution is -2.36. The van der Waals surface area contributed by atoms with Gasteiger partial charge in [-0.05, 0) is 49.9 Å². The lowest BCUT2D eigenvalue weighted by atomic mass is 9.95. The largest absolute Gasteiger partial charge is 0.349 e. The molecule has 0 aliphatic heterocycles. The van der Waals surface area contributed by atoms with Crippen LogP contribution in [0, 0.1) is 11.8 Å². The highest BCUT2D eigenvalue weighted by atomic mass is 79.9. The fourth-order valence-corrected chi connectivity index (χ4v) is 3.08. The van der Waals surface area contributed by atoms with Crippen molar-refractivity contribution >= 4 is 21.8 Å². The van der Waals surface area contributed by atoms with Gasteiger partial charge in [0.05, 0.1) is 6.04 Å². The van der Waals surface area contributed by atoms with Crippen molar-refractivity contribution < 1.29 is 4.79 Å². The van der Waals surface area contributed by atoms with Crippen molar-refractivity contribution in [3.63, 3.8) is 0 Å². The SMILES string of the molecule is C[C@H](NC(=O)C1CCCC1CN)c1ccc(Br)cc1. The van der Waals surface area contributed by atoms with Crippen LogP contribution in [0.15, 0.2) is 28.7 Å². The van der Waals surface area contributed by atoms with Crippen LogP contribution in [0.1, 0.15) is 37.8 Å². The van der Waals surface area contributed by atoms with Gasteiger partial charge in [0.1, 0.15) is 0 Å². The lowest BCUT2D eigenvalue weighted by molar-refractivity contribution is -0.126. The number of amides is 1. The molecular formula is C15H21BrN2O. The highest BCUT2D eigenvalue weighted by Gasteiger charge is 2.32. The molecule has 0 radical (unpaired) electrons. The van der Waals surface area contributed by atoms with Crippen LogP contribution in [-0.4, -0.2) is 12.5 Å². The van der Waals surface area contributed by atoms with Gasteiger partial charge in [0.25, 0.3) is 0 Å². The van der Waals surface area contributed by atoms with Gasteiger partial charge >= 0.3 is 0 Å². The van der Waals surface area contributed by atoms with Crippen LogP contribution in [0.25, 0.3) is 0 Å². The first-order chi connectivity index (χ1) is 9.11. The summed E-state index contributed by atoms with van der Waals surface area (Å²) in [7, 11) is 0. The van der Waals surface area contributed by atoms with E-state index in [-0.39, 0.29) is 17.9 Å². The standard InChI is InChI=1S/C15H21BrN2O/c1-10(11-5-7-13(16)8-6-11)18-15(19)14-4-2-3-12(14)9-17/h5-8,10,12,14H,2-4,9,17H2,1H3,(H,18,19)/t10-,12?,14?/m0/s1. The van der Waals surface area contributed by atoms with Crippen LogP contribution >= 0.6 is 15.9 Å². The maximum Gasteiger partial charge on any atom is 0.223 e. The van der Waals surface area contributed by atoms with E-state index in [1.807, 2.05) is 31.2 Å². The van der Waals surface area contributed by atoms with Crippen molar-refractivity contribution in [3.05, 3.63) is 34.3 Å². The van der Waals surface area contributed by atoms with Crippen molar-refractivity contribution in [1.82, 2.24) is 5.32 Å². The quantitative estimate of drug-likeness (QED) is 0.894. The first-order valence-electron chi connectivity index (χ1n) is 6.87. The molecule has 2 rings (SSSR count). The molecule has 3 atom stereocenters. The zero-order valence-electron chi connectivity index (χ0n) is 11.2. The summed E-state index contributed by atoms with van der Waals surface area (Å²) in [5.74, 6) is 0.614. The van der Waals surface area contributed by atoms with Gasteiger partial charge in [0.15, 0.2) is 0 Å². The topological polar surface area (TPSA) is 55.1 Å². The maximum absolute atomic E-state index is 12.3. The number of benzene rings is 1. The molecule has 1 aliphatic rings. The molecule has 1 amide bonds. The summed E-state index contributed by atoms with van der Waals surface area (Å²) >= 11 is 3.42. The summed E-state index contributed by atoms with van der Waals surface area (Å²) in [6, 6.07) is 8.10. The Hall–Kier alpha value is -0.870. The Morgan fingerprint density at radius 3 is 2.74 bits per heavy atom. The van der Waals surface area contributed by atoms with Gasteiger partial charge < -0.3 is 11.1 Å². The summed E-state index contributed by atoms with van der Waals surface area (Å²) in [6.45, 7) is 2.64. The van der Waals surface area contributed by atoms with E-state index < -0.39 is 0 Å². The van der Waals surface area contributed by atoms with Crippen molar-refractivity contribution in [1.29, 1.82) is 0 Å². The van der Waals surface area contributed by atoms with E-state index in [9.17, 15) is 4.79 Å². The zero-order chi connectivity index (χ0) is 13.8. The molecule has 0 bridgehead atoms. The number of carbonyl (C=O) groups is 1. The smallest absolute Gasteiger partial charge is 0.223 e. The molecule has 3 nitrogen and oxygen atoms in total. The summed E-state index contributed by atoms with van der Waals surface area (Å²) in [6.07, 6.45) is 3.18. The second-order valence-electron chi connectivity index (χ2n) is 5.32. The van der Waals surface area contributed by atoms with E-state index in [0.29, 0.717) is 12.5 Å². The summed E-state index contributed by atoms with van der Waals surface area (Å²) in [5.41, 5.74) is 6.86. The molecule has 104 valence electrons. The molecular weight excluding hydrogens is 304 g/mol. The molecule has 0 heterocycles. The molecule has 1 aromatic rings. The van der Waals surface area contributed by atoms with Gasteiger partial charge in [-0.15, -0.1) is 0 Å². The molecule has 3 N–H and O–H groups in total. The third-order valence-corrected chi connectivity index (χ3v) is 4.56.